The molecular formula is C29H31N5O2. The molecule has 0 atom stereocenters. The Morgan fingerprint density at radius 1 is 0.861 bits per heavy atom. The molecule has 3 aromatic heterocycles. The predicted molar refractivity (Wildman–Crippen MR) is 141 cm³/mol. The summed E-state index contributed by atoms with van der Waals surface area (Å²) in [6.45, 7) is 9.43. The maximum absolute atomic E-state index is 5.54. The molecule has 6 rings (SSSR count). The highest BCUT2D eigenvalue weighted by Gasteiger charge is 2.17. The van der Waals surface area contributed by atoms with Gasteiger partial charge in [-0.3, -0.25) is 9.88 Å². The van der Waals surface area contributed by atoms with Gasteiger partial charge in [-0.1, -0.05) is 35.5 Å². The van der Waals surface area contributed by atoms with Crippen molar-refractivity contribution < 1.29 is 9.26 Å². The van der Waals surface area contributed by atoms with Crippen LogP contribution in [0.15, 0.2) is 59.1 Å². The fraction of sp³-hybridized carbons (Fsp3) is 0.345. The van der Waals surface area contributed by atoms with Crippen LogP contribution >= 0.6 is 0 Å². The Labute approximate surface area is 210 Å². The van der Waals surface area contributed by atoms with Gasteiger partial charge in [0, 0.05) is 49.2 Å². The van der Waals surface area contributed by atoms with Crippen LogP contribution in [0.5, 0.6) is 0 Å². The monoisotopic (exact) mass is 481 g/mol. The second-order valence-corrected chi connectivity index (χ2v) is 9.53. The molecule has 1 saturated heterocycles. The zero-order valence-corrected chi connectivity index (χ0v) is 20.9. The van der Waals surface area contributed by atoms with Crippen LogP contribution in [0, 0.1) is 13.8 Å². The summed E-state index contributed by atoms with van der Waals surface area (Å²) in [7, 11) is 0. The number of ether oxygens (including phenoxy) is 1. The summed E-state index contributed by atoms with van der Waals surface area (Å²) in [5, 5.41) is 5.31. The minimum absolute atomic E-state index is 0.811. The lowest BCUT2D eigenvalue weighted by atomic mass is 10.0. The van der Waals surface area contributed by atoms with Gasteiger partial charge in [0.2, 0.25) is 0 Å². The highest BCUT2D eigenvalue weighted by Crippen LogP contribution is 2.30. The molecule has 0 N–H and O–H groups in total. The van der Waals surface area contributed by atoms with Gasteiger partial charge >= 0.3 is 0 Å². The van der Waals surface area contributed by atoms with Gasteiger partial charge in [0.15, 0.2) is 0 Å². The first kappa shape index (κ1) is 22.9. The normalized spacial score (nSPS) is 14.7. The Morgan fingerprint density at radius 2 is 1.72 bits per heavy atom. The summed E-state index contributed by atoms with van der Waals surface area (Å²) >= 11 is 0. The molecular weight excluding hydrogens is 450 g/mol. The van der Waals surface area contributed by atoms with Crippen molar-refractivity contribution in [2.45, 2.75) is 33.2 Å². The highest BCUT2D eigenvalue weighted by molar-refractivity contribution is 5.83. The number of hydrogen-bond donors (Lipinski definition) is 0. The lowest BCUT2D eigenvalue weighted by Gasteiger charge is -2.27. The molecule has 0 bridgehead atoms. The SMILES string of the molecule is Cc1noc(C)c1-c1ccc2c(c1)nc(CCc1ccc3ccccc3n1)n2CCN1CCOCC1. The molecule has 7 heteroatoms. The van der Waals surface area contributed by atoms with Crippen molar-refractivity contribution in [3.63, 3.8) is 0 Å². The maximum Gasteiger partial charge on any atom is 0.141 e. The number of morpholine rings is 1. The Balaban J connectivity index is 1.32. The minimum atomic E-state index is 0.811. The molecule has 1 aliphatic rings. The van der Waals surface area contributed by atoms with Crippen LogP contribution in [0.3, 0.4) is 0 Å². The van der Waals surface area contributed by atoms with Crippen molar-refractivity contribution in [2.75, 3.05) is 32.8 Å². The molecule has 5 aromatic rings. The number of aromatic nitrogens is 4. The van der Waals surface area contributed by atoms with Crippen LogP contribution in [-0.4, -0.2) is 57.4 Å². The Hall–Kier alpha value is -3.55. The zero-order valence-electron chi connectivity index (χ0n) is 20.9. The molecule has 0 radical (unpaired) electrons. The van der Waals surface area contributed by atoms with E-state index >= 15 is 0 Å². The van der Waals surface area contributed by atoms with E-state index in [0.717, 1.165) is 97.4 Å². The number of rotatable bonds is 7. The first-order chi connectivity index (χ1) is 17.7. The number of aryl methyl sites for hydroxylation is 4. The Morgan fingerprint density at radius 3 is 2.56 bits per heavy atom. The van der Waals surface area contributed by atoms with E-state index in [1.807, 2.05) is 19.9 Å². The third-order valence-electron chi connectivity index (χ3n) is 7.15. The average molecular weight is 482 g/mol. The highest BCUT2D eigenvalue weighted by atomic mass is 16.5. The van der Waals surface area contributed by atoms with Crippen LogP contribution in [0.2, 0.25) is 0 Å². The summed E-state index contributed by atoms with van der Waals surface area (Å²) in [5.41, 5.74) is 7.37. The van der Waals surface area contributed by atoms with Gasteiger partial charge in [0.05, 0.1) is 35.5 Å². The van der Waals surface area contributed by atoms with E-state index in [0.29, 0.717) is 0 Å². The van der Waals surface area contributed by atoms with E-state index in [1.54, 1.807) is 0 Å². The summed E-state index contributed by atoms with van der Waals surface area (Å²) in [6, 6.07) is 19.1. The van der Waals surface area contributed by atoms with Crippen molar-refractivity contribution in [1.29, 1.82) is 0 Å². The summed E-state index contributed by atoms with van der Waals surface area (Å²) < 4.78 is 13.3. The first-order valence-corrected chi connectivity index (χ1v) is 12.7. The van der Waals surface area contributed by atoms with Crippen LogP contribution in [0.4, 0.5) is 0 Å². The second kappa shape index (κ2) is 9.84. The molecule has 7 nitrogen and oxygen atoms in total. The molecule has 184 valence electrons. The van der Waals surface area contributed by atoms with Gasteiger partial charge in [-0.05, 0) is 50.1 Å². The van der Waals surface area contributed by atoms with Gasteiger partial charge in [0.25, 0.3) is 0 Å². The van der Waals surface area contributed by atoms with Crippen LogP contribution < -0.4 is 0 Å². The molecule has 0 amide bonds. The van der Waals surface area contributed by atoms with E-state index in [4.69, 9.17) is 19.2 Å². The lowest BCUT2D eigenvalue weighted by molar-refractivity contribution is 0.0364. The van der Waals surface area contributed by atoms with Gasteiger partial charge in [-0.2, -0.15) is 0 Å². The molecule has 1 fully saturated rings. The molecule has 36 heavy (non-hydrogen) atoms. The molecule has 4 heterocycles. The van der Waals surface area contributed by atoms with Crippen molar-refractivity contribution in [2.24, 2.45) is 0 Å². The molecule has 0 aliphatic carbocycles. The number of imidazole rings is 1. The fourth-order valence-electron chi connectivity index (χ4n) is 5.22. The van der Waals surface area contributed by atoms with Gasteiger partial charge < -0.3 is 13.8 Å². The number of hydrogen-bond acceptors (Lipinski definition) is 6. The van der Waals surface area contributed by atoms with Gasteiger partial charge in [-0.25, -0.2) is 4.98 Å². The number of para-hydroxylation sites is 1. The van der Waals surface area contributed by atoms with E-state index in [-0.39, 0.29) is 0 Å². The van der Waals surface area contributed by atoms with Crippen LogP contribution in [0.25, 0.3) is 33.1 Å². The van der Waals surface area contributed by atoms with E-state index in [2.05, 4.69) is 63.2 Å². The lowest BCUT2D eigenvalue weighted by Crippen LogP contribution is -2.38. The smallest absolute Gasteiger partial charge is 0.141 e. The molecule has 2 aromatic carbocycles. The number of benzene rings is 2. The van der Waals surface area contributed by atoms with Crippen molar-refractivity contribution in [3.05, 3.63) is 77.6 Å². The van der Waals surface area contributed by atoms with Gasteiger partial charge in [-0.15, -0.1) is 0 Å². The number of fused-ring (bicyclic) bond motifs is 2. The number of pyridine rings is 1. The molecule has 0 saturated carbocycles. The van der Waals surface area contributed by atoms with Crippen molar-refractivity contribution in [1.82, 2.24) is 24.6 Å². The van der Waals surface area contributed by atoms with E-state index in [9.17, 15) is 0 Å². The van der Waals surface area contributed by atoms with Gasteiger partial charge in [0.1, 0.15) is 11.6 Å². The summed E-state index contributed by atoms with van der Waals surface area (Å²) in [4.78, 5) is 12.5. The molecule has 0 spiro atoms. The van der Waals surface area contributed by atoms with Crippen molar-refractivity contribution >= 4 is 21.9 Å². The minimum Gasteiger partial charge on any atom is -0.379 e. The third-order valence-corrected chi connectivity index (χ3v) is 7.15. The van der Waals surface area contributed by atoms with E-state index < -0.39 is 0 Å². The summed E-state index contributed by atoms with van der Waals surface area (Å²) in [5.74, 6) is 1.94. The maximum atomic E-state index is 5.54. The Kier molecular flexibility index (Phi) is 6.25. The van der Waals surface area contributed by atoms with E-state index in [1.165, 1.54) is 10.9 Å². The largest absolute Gasteiger partial charge is 0.379 e. The van der Waals surface area contributed by atoms with Crippen molar-refractivity contribution in [3.8, 4) is 11.1 Å². The Bertz CT molecular complexity index is 1490. The predicted octanol–water partition coefficient (Wildman–Crippen LogP) is 4.97. The fourth-order valence-corrected chi connectivity index (χ4v) is 5.22. The van der Waals surface area contributed by atoms with Crippen LogP contribution in [0.1, 0.15) is 23.0 Å². The first-order valence-electron chi connectivity index (χ1n) is 12.7. The topological polar surface area (TPSA) is 69.2 Å². The zero-order chi connectivity index (χ0) is 24.5. The third kappa shape index (κ3) is 4.52. The molecule has 0 unspecified atom stereocenters. The standard InChI is InChI=1S/C29H31N5O2/c1-20-29(21(2)36-32-20)23-8-11-27-26(19-23)31-28(34(27)14-13-33-15-17-35-18-16-33)12-10-24-9-7-22-5-3-4-6-25(22)30-24/h3-9,11,19H,10,12-18H2,1-2H3. The second-order valence-electron chi connectivity index (χ2n) is 9.53. The number of nitrogens with zero attached hydrogens (tertiary/aromatic N) is 5. The summed E-state index contributed by atoms with van der Waals surface area (Å²) in [6.07, 6.45) is 1.69. The average Bonchev–Trinajstić information content (AvgIpc) is 3.44. The molecule has 1 aliphatic heterocycles. The van der Waals surface area contributed by atoms with Crippen LogP contribution in [-0.2, 0) is 24.1 Å². The quantitative estimate of drug-likeness (QED) is 0.327.